The third-order valence-electron chi connectivity index (χ3n) is 6.09. The number of allylic oxidation sites excluding steroid dienone is 1. The number of rotatable bonds is 5. The molecule has 8 nitrogen and oxygen atoms in total. The number of hydrogen-bond acceptors (Lipinski definition) is 8. The highest BCUT2D eigenvalue weighted by Gasteiger charge is 2.38. The van der Waals surface area contributed by atoms with Gasteiger partial charge in [0.2, 0.25) is 5.78 Å². The lowest BCUT2D eigenvalue weighted by molar-refractivity contribution is -0.135. The van der Waals surface area contributed by atoms with E-state index in [1.54, 1.807) is 61.7 Å². The highest BCUT2D eigenvalue weighted by Crippen LogP contribution is 2.49. The van der Waals surface area contributed by atoms with E-state index in [2.05, 4.69) is 0 Å². The summed E-state index contributed by atoms with van der Waals surface area (Å²) in [4.78, 5) is 25.5. The molecule has 1 unspecified atom stereocenters. The molecule has 1 N–H and O–H groups in total. The Morgan fingerprint density at radius 3 is 2.34 bits per heavy atom. The van der Waals surface area contributed by atoms with Gasteiger partial charge in [0, 0.05) is 11.5 Å². The predicted octanol–water partition coefficient (Wildman–Crippen LogP) is 4.48. The fraction of sp³-hybridized carbons (Fsp3) is 0.185. The zero-order valence-electron chi connectivity index (χ0n) is 19.3. The van der Waals surface area contributed by atoms with Crippen molar-refractivity contribution in [1.82, 2.24) is 0 Å². The molecule has 2 heterocycles. The summed E-state index contributed by atoms with van der Waals surface area (Å²) in [6.07, 6.45) is 1.65. The second kappa shape index (κ2) is 8.72. The Morgan fingerprint density at radius 1 is 0.886 bits per heavy atom. The van der Waals surface area contributed by atoms with E-state index in [4.69, 9.17) is 23.7 Å². The van der Waals surface area contributed by atoms with Gasteiger partial charge in [-0.15, -0.1) is 0 Å². The molecular weight excluding hydrogens is 452 g/mol. The molecule has 8 heteroatoms. The summed E-state index contributed by atoms with van der Waals surface area (Å²) in [6, 6.07) is 13.4. The minimum absolute atomic E-state index is 0.0293. The minimum Gasteiger partial charge on any atom is -0.504 e. The molecule has 3 aromatic carbocycles. The fourth-order valence-corrected chi connectivity index (χ4v) is 4.41. The van der Waals surface area contributed by atoms with E-state index in [1.165, 1.54) is 14.2 Å². The maximum absolute atomic E-state index is 13.2. The number of fused-ring (bicyclic) bond motifs is 3. The Balaban J connectivity index is 1.57. The highest BCUT2D eigenvalue weighted by molar-refractivity contribution is 6.15. The number of ketones is 1. The molecule has 0 aromatic heterocycles. The molecule has 0 fully saturated rings. The molecular formula is C27H22O8. The van der Waals surface area contributed by atoms with E-state index in [0.717, 1.165) is 0 Å². The van der Waals surface area contributed by atoms with Gasteiger partial charge in [-0.3, -0.25) is 9.59 Å². The number of phenols is 1. The zero-order valence-corrected chi connectivity index (χ0v) is 19.3. The predicted molar refractivity (Wildman–Crippen MR) is 126 cm³/mol. The van der Waals surface area contributed by atoms with Crippen molar-refractivity contribution in [1.29, 1.82) is 0 Å². The summed E-state index contributed by atoms with van der Waals surface area (Å²) >= 11 is 0. The Morgan fingerprint density at radius 2 is 1.63 bits per heavy atom. The van der Waals surface area contributed by atoms with Crippen LogP contribution < -0.4 is 23.7 Å². The smallest absolute Gasteiger partial charge is 0.312 e. The third kappa shape index (κ3) is 3.82. The van der Waals surface area contributed by atoms with Crippen LogP contribution >= 0.6 is 0 Å². The monoisotopic (exact) mass is 474 g/mol. The van der Waals surface area contributed by atoms with Crippen LogP contribution in [0.3, 0.4) is 0 Å². The first-order valence-electron chi connectivity index (χ1n) is 10.8. The molecule has 3 aromatic rings. The first kappa shape index (κ1) is 22.3. The van der Waals surface area contributed by atoms with Crippen molar-refractivity contribution in [3.8, 4) is 34.5 Å². The molecule has 2 aliphatic rings. The highest BCUT2D eigenvalue weighted by atomic mass is 16.5. The molecule has 0 saturated carbocycles. The molecule has 0 bridgehead atoms. The SMILES string of the molecule is COc1ccc(C2CC(=O)Oc3ccc4c(c32)O/C(=C\c2ccc(OC)c(OC)c2)C4=O)cc1O. The lowest BCUT2D eigenvalue weighted by Crippen LogP contribution is -2.21. The van der Waals surface area contributed by atoms with Gasteiger partial charge in [0.25, 0.3) is 0 Å². The summed E-state index contributed by atoms with van der Waals surface area (Å²) < 4.78 is 27.3. The van der Waals surface area contributed by atoms with Gasteiger partial charge in [-0.25, -0.2) is 0 Å². The number of Topliss-reactive ketones (excluding diaryl/α,β-unsaturated/α-hetero) is 1. The molecule has 0 amide bonds. The average Bonchev–Trinajstić information content (AvgIpc) is 3.18. The van der Waals surface area contributed by atoms with Crippen LogP contribution in [0.25, 0.3) is 6.08 Å². The number of phenolic OH excluding ortho intramolecular Hbond substituents is 1. The van der Waals surface area contributed by atoms with Crippen molar-refractivity contribution in [2.75, 3.05) is 21.3 Å². The largest absolute Gasteiger partial charge is 0.504 e. The van der Waals surface area contributed by atoms with Crippen molar-refractivity contribution in [2.24, 2.45) is 0 Å². The fourth-order valence-electron chi connectivity index (χ4n) is 4.41. The zero-order chi connectivity index (χ0) is 24.7. The van der Waals surface area contributed by atoms with Crippen LogP contribution in [0.15, 0.2) is 54.3 Å². The first-order chi connectivity index (χ1) is 16.9. The number of ether oxygens (including phenoxy) is 5. The van der Waals surface area contributed by atoms with E-state index in [9.17, 15) is 14.7 Å². The molecule has 0 spiro atoms. The quantitative estimate of drug-likeness (QED) is 0.328. The second-order valence-corrected chi connectivity index (χ2v) is 8.07. The van der Waals surface area contributed by atoms with Gasteiger partial charge < -0.3 is 28.8 Å². The van der Waals surface area contributed by atoms with E-state index in [0.29, 0.717) is 51.0 Å². The molecule has 1 atom stereocenters. The normalized spacial score (nSPS) is 17.3. The molecule has 0 aliphatic carbocycles. The number of methoxy groups -OCH3 is 3. The summed E-state index contributed by atoms with van der Waals surface area (Å²) in [5.41, 5.74) is 2.31. The number of esters is 1. The lowest BCUT2D eigenvalue weighted by atomic mass is 9.84. The second-order valence-electron chi connectivity index (χ2n) is 8.07. The number of carbonyl (C=O) groups excluding carboxylic acids is 2. The van der Waals surface area contributed by atoms with Gasteiger partial charge >= 0.3 is 5.97 Å². The van der Waals surface area contributed by atoms with Crippen molar-refractivity contribution < 1.29 is 38.4 Å². The topological polar surface area (TPSA) is 101 Å². The number of hydrogen-bond donors (Lipinski definition) is 1. The Kier molecular flexibility index (Phi) is 5.56. The minimum atomic E-state index is -0.480. The van der Waals surface area contributed by atoms with E-state index >= 15 is 0 Å². The molecule has 35 heavy (non-hydrogen) atoms. The third-order valence-corrected chi connectivity index (χ3v) is 6.09. The summed E-state index contributed by atoms with van der Waals surface area (Å²) in [5, 5.41) is 10.3. The van der Waals surface area contributed by atoms with Crippen LogP contribution in [0, 0.1) is 0 Å². The van der Waals surface area contributed by atoms with Gasteiger partial charge in [0.15, 0.2) is 28.8 Å². The van der Waals surface area contributed by atoms with Crippen LogP contribution in [-0.2, 0) is 4.79 Å². The first-order valence-corrected chi connectivity index (χ1v) is 10.8. The van der Waals surface area contributed by atoms with Gasteiger partial charge in [-0.05, 0) is 53.6 Å². The summed E-state index contributed by atoms with van der Waals surface area (Å²) in [5.74, 6) is 0.967. The number of carbonyl (C=O) groups is 2. The van der Waals surface area contributed by atoms with Crippen LogP contribution in [0.4, 0.5) is 0 Å². The Bertz CT molecular complexity index is 1390. The van der Waals surface area contributed by atoms with Gasteiger partial charge in [-0.1, -0.05) is 12.1 Å². The standard InChI is InChI=1S/C27H22O8/c1-31-19-8-5-15(12-18(19)28)17-13-24(29)34-21-9-6-16-26(30)23(35-27(16)25(17)21)11-14-4-7-20(32-2)22(10-14)33-3/h4-12,17,28H,13H2,1-3H3/b23-11-. The van der Waals surface area contributed by atoms with Crippen LogP contribution in [0.1, 0.15) is 39.4 Å². The Labute approximate surface area is 201 Å². The van der Waals surface area contributed by atoms with Crippen LogP contribution in [-0.4, -0.2) is 38.2 Å². The van der Waals surface area contributed by atoms with Gasteiger partial charge in [0.1, 0.15) is 11.5 Å². The van der Waals surface area contributed by atoms with E-state index < -0.39 is 11.9 Å². The van der Waals surface area contributed by atoms with Gasteiger partial charge in [0.05, 0.1) is 33.3 Å². The van der Waals surface area contributed by atoms with Crippen molar-refractivity contribution >= 4 is 17.8 Å². The molecule has 2 aliphatic heterocycles. The van der Waals surface area contributed by atoms with Gasteiger partial charge in [-0.2, -0.15) is 0 Å². The van der Waals surface area contributed by atoms with E-state index in [-0.39, 0.29) is 23.7 Å². The van der Waals surface area contributed by atoms with Crippen molar-refractivity contribution in [2.45, 2.75) is 12.3 Å². The van der Waals surface area contributed by atoms with Crippen molar-refractivity contribution in [3.63, 3.8) is 0 Å². The molecule has 0 saturated heterocycles. The van der Waals surface area contributed by atoms with Crippen LogP contribution in [0.5, 0.6) is 34.5 Å². The summed E-state index contributed by atoms with van der Waals surface area (Å²) in [7, 11) is 4.54. The lowest BCUT2D eigenvalue weighted by Gasteiger charge is -2.26. The number of benzene rings is 3. The number of aromatic hydroxyl groups is 1. The summed E-state index contributed by atoms with van der Waals surface area (Å²) in [6.45, 7) is 0. The van der Waals surface area contributed by atoms with E-state index in [1.807, 2.05) is 0 Å². The van der Waals surface area contributed by atoms with Crippen molar-refractivity contribution in [3.05, 3.63) is 76.5 Å². The maximum atomic E-state index is 13.2. The molecule has 0 radical (unpaired) electrons. The van der Waals surface area contributed by atoms with Crippen LogP contribution in [0.2, 0.25) is 0 Å². The maximum Gasteiger partial charge on any atom is 0.312 e. The molecule has 5 rings (SSSR count). The average molecular weight is 474 g/mol. The Hall–Kier alpha value is -4.46. The molecule has 178 valence electrons.